The number of carbonyl (C=O) groups is 2. The Kier molecular flexibility index (Phi) is 4.50. The van der Waals surface area contributed by atoms with E-state index in [1.165, 1.54) is 6.26 Å². The Morgan fingerprint density at radius 3 is 2.26 bits per heavy atom. The highest BCUT2D eigenvalue weighted by molar-refractivity contribution is 5.98. The van der Waals surface area contributed by atoms with Crippen molar-refractivity contribution < 1.29 is 19.1 Å². The molecule has 1 aliphatic rings. The lowest BCUT2D eigenvalue weighted by atomic mass is 9.89. The number of rotatable bonds is 4. The third-order valence-corrected chi connectivity index (χ3v) is 5.10. The fourth-order valence-electron chi connectivity index (χ4n) is 3.72. The van der Waals surface area contributed by atoms with Crippen LogP contribution in [0, 0.1) is 5.92 Å². The van der Waals surface area contributed by atoms with Crippen LogP contribution >= 0.6 is 0 Å². The lowest BCUT2D eigenvalue weighted by molar-refractivity contribution is -0.141. The SMILES string of the molecule is O=C(O)[C@@H]1CN(C(=O)c2occc2-c2ccccc2)C[C@H]1c1ccccc1. The lowest BCUT2D eigenvalue weighted by Gasteiger charge is -2.16. The maximum Gasteiger partial charge on any atom is 0.308 e. The van der Waals surface area contributed by atoms with E-state index >= 15 is 0 Å². The average molecular weight is 361 g/mol. The van der Waals surface area contributed by atoms with Gasteiger partial charge in [0.25, 0.3) is 5.91 Å². The molecule has 1 aromatic heterocycles. The molecule has 5 nitrogen and oxygen atoms in total. The number of carboxylic acid groups (broad SMARTS) is 1. The highest BCUT2D eigenvalue weighted by atomic mass is 16.4. The van der Waals surface area contributed by atoms with Gasteiger partial charge in [-0.1, -0.05) is 60.7 Å². The van der Waals surface area contributed by atoms with E-state index in [0.717, 1.165) is 16.7 Å². The van der Waals surface area contributed by atoms with Crippen molar-refractivity contribution in [1.29, 1.82) is 0 Å². The maximum absolute atomic E-state index is 13.1. The Balaban J connectivity index is 1.62. The molecule has 2 atom stereocenters. The summed E-state index contributed by atoms with van der Waals surface area (Å²) in [5.74, 6) is -1.78. The third kappa shape index (κ3) is 3.24. The molecule has 4 rings (SSSR count). The van der Waals surface area contributed by atoms with Gasteiger partial charge >= 0.3 is 5.97 Å². The summed E-state index contributed by atoms with van der Waals surface area (Å²) in [4.78, 5) is 26.4. The van der Waals surface area contributed by atoms with E-state index in [4.69, 9.17) is 4.42 Å². The van der Waals surface area contributed by atoms with Gasteiger partial charge in [0.05, 0.1) is 12.2 Å². The molecule has 0 radical (unpaired) electrons. The first-order valence-electron chi connectivity index (χ1n) is 8.85. The molecule has 0 spiro atoms. The van der Waals surface area contributed by atoms with Gasteiger partial charge in [0, 0.05) is 24.6 Å². The highest BCUT2D eigenvalue weighted by Crippen LogP contribution is 2.35. The smallest absolute Gasteiger partial charge is 0.308 e. The number of hydrogen-bond donors (Lipinski definition) is 1. The van der Waals surface area contributed by atoms with Gasteiger partial charge in [-0.25, -0.2) is 0 Å². The molecule has 5 heteroatoms. The zero-order chi connectivity index (χ0) is 18.8. The number of aliphatic carboxylic acids is 1. The van der Waals surface area contributed by atoms with Crippen LogP contribution in [0.2, 0.25) is 0 Å². The predicted octanol–water partition coefficient (Wildman–Crippen LogP) is 3.89. The van der Waals surface area contributed by atoms with Crippen molar-refractivity contribution in [3.8, 4) is 11.1 Å². The predicted molar refractivity (Wildman–Crippen MR) is 100 cm³/mol. The Morgan fingerprint density at radius 2 is 1.59 bits per heavy atom. The van der Waals surface area contributed by atoms with E-state index in [0.29, 0.717) is 6.54 Å². The van der Waals surface area contributed by atoms with Crippen molar-refractivity contribution in [3.05, 3.63) is 84.3 Å². The zero-order valence-electron chi connectivity index (χ0n) is 14.6. The van der Waals surface area contributed by atoms with Crippen LogP contribution in [0.15, 0.2) is 77.4 Å². The van der Waals surface area contributed by atoms with E-state index in [1.807, 2.05) is 60.7 Å². The van der Waals surface area contributed by atoms with E-state index < -0.39 is 11.9 Å². The molecule has 2 heterocycles. The largest absolute Gasteiger partial charge is 0.481 e. The van der Waals surface area contributed by atoms with Crippen LogP contribution in [0.1, 0.15) is 22.0 Å². The van der Waals surface area contributed by atoms with Crippen LogP contribution in [0.5, 0.6) is 0 Å². The normalized spacial score (nSPS) is 19.2. The summed E-state index contributed by atoms with van der Waals surface area (Å²) in [5.41, 5.74) is 2.54. The summed E-state index contributed by atoms with van der Waals surface area (Å²) in [6, 6.07) is 20.8. The number of benzene rings is 2. The first-order chi connectivity index (χ1) is 13.1. The molecular weight excluding hydrogens is 342 g/mol. The first kappa shape index (κ1) is 17.1. The van der Waals surface area contributed by atoms with E-state index in [1.54, 1.807) is 11.0 Å². The van der Waals surface area contributed by atoms with Crippen molar-refractivity contribution in [1.82, 2.24) is 4.90 Å². The maximum atomic E-state index is 13.1. The quantitative estimate of drug-likeness (QED) is 0.765. The number of nitrogens with zero attached hydrogens (tertiary/aromatic N) is 1. The summed E-state index contributed by atoms with van der Waals surface area (Å²) in [7, 11) is 0. The lowest BCUT2D eigenvalue weighted by Crippen LogP contribution is -2.30. The summed E-state index contributed by atoms with van der Waals surface area (Å²) >= 11 is 0. The topological polar surface area (TPSA) is 70.8 Å². The molecule has 1 amide bonds. The third-order valence-electron chi connectivity index (χ3n) is 5.10. The summed E-state index contributed by atoms with van der Waals surface area (Å²) in [6.45, 7) is 0.525. The molecule has 0 bridgehead atoms. The van der Waals surface area contributed by atoms with Gasteiger partial charge < -0.3 is 14.4 Å². The molecule has 1 N–H and O–H groups in total. The van der Waals surface area contributed by atoms with Crippen molar-refractivity contribution in [3.63, 3.8) is 0 Å². The second-order valence-corrected chi connectivity index (χ2v) is 6.70. The molecule has 0 unspecified atom stereocenters. The van der Waals surface area contributed by atoms with Crippen LogP contribution in [0.4, 0.5) is 0 Å². The van der Waals surface area contributed by atoms with Crippen molar-refractivity contribution in [2.45, 2.75) is 5.92 Å². The number of carboxylic acids is 1. The molecule has 1 saturated heterocycles. The Morgan fingerprint density at radius 1 is 0.926 bits per heavy atom. The zero-order valence-corrected chi connectivity index (χ0v) is 14.6. The van der Waals surface area contributed by atoms with Gasteiger partial charge in [-0.3, -0.25) is 9.59 Å². The average Bonchev–Trinajstić information content (AvgIpc) is 3.36. The minimum absolute atomic E-state index is 0.169. The van der Waals surface area contributed by atoms with Crippen LogP contribution in [0.25, 0.3) is 11.1 Å². The minimum Gasteiger partial charge on any atom is -0.481 e. The van der Waals surface area contributed by atoms with Gasteiger partial charge in [0.1, 0.15) is 0 Å². The van der Waals surface area contributed by atoms with Crippen molar-refractivity contribution in [2.75, 3.05) is 13.1 Å². The van der Waals surface area contributed by atoms with Gasteiger partial charge in [0.2, 0.25) is 0 Å². The van der Waals surface area contributed by atoms with Gasteiger partial charge in [0.15, 0.2) is 5.76 Å². The van der Waals surface area contributed by atoms with E-state index in [-0.39, 0.29) is 24.1 Å². The summed E-state index contributed by atoms with van der Waals surface area (Å²) in [6.07, 6.45) is 1.50. The second kappa shape index (κ2) is 7.11. The molecular formula is C22H19NO4. The number of hydrogen-bond acceptors (Lipinski definition) is 3. The molecule has 3 aromatic rings. The molecule has 0 saturated carbocycles. The molecule has 136 valence electrons. The second-order valence-electron chi connectivity index (χ2n) is 6.70. The molecule has 2 aromatic carbocycles. The molecule has 0 aliphatic carbocycles. The number of carbonyl (C=O) groups excluding carboxylic acids is 1. The fraction of sp³-hybridized carbons (Fsp3) is 0.182. The molecule has 1 aliphatic heterocycles. The van der Waals surface area contributed by atoms with Crippen LogP contribution in [0.3, 0.4) is 0 Å². The first-order valence-corrected chi connectivity index (χ1v) is 8.85. The van der Waals surface area contributed by atoms with Gasteiger partial charge in [-0.05, 0) is 17.2 Å². The summed E-state index contributed by atoms with van der Waals surface area (Å²) < 4.78 is 5.49. The highest BCUT2D eigenvalue weighted by Gasteiger charge is 2.41. The van der Waals surface area contributed by atoms with Crippen molar-refractivity contribution >= 4 is 11.9 Å². The summed E-state index contributed by atoms with van der Waals surface area (Å²) in [5, 5.41) is 9.65. The van der Waals surface area contributed by atoms with Crippen LogP contribution in [-0.2, 0) is 4.79 Å². The number of furan rings is 1. The van der Waals surface area contributed by atoms with E-state index in [2.05, 4.69) is 0 Å². The minimum atomic E-state index is -0.887. The van der Waals surface area contributed by atoms with Crippen molar-refractivity contribution in [2.24, 2.45) is 5.92 Å². The molecule has 27 heavy (non-hydrogen) atoms. The van der Waals surface area contributed by atoms with Crippen LogP contribution in [-0.4, -0.2) is 35.0 Å². The Hall–Kier alpha value is -3.34. The van der Waals surface area contributed by atoms with Crippen LogP contribution < -0.4 is 0 Å². The van der Waals surface area contributed by atoms with E-state index in [9.17, 15) is 14.7 Å². The number of amides is 1. The fourth-order valence-corrected chi connectivity index (χ4v) is 3.72. The number of likely N-dealkylation sites (tertiary alicyclic amines) is 1. The monoisotopic (exact) mass is 361 g/mol. The molecule has 1 fully saturated rings. The van der Waals surface area contributed by atoms with Gasteiger partial charge in [-0.2, -0.15) is 0 Å². The van der Waals surface area contributed by atoms with Gasteiger partial charge in [-0.15, -0.1) is 0 Å². The standard InChI is InChI=1S/C22H19NO4/c24-21(20-17(11-12-27-20)15-7-3-1-4-8-15)23-13-18(19(14-23)22(25)26)16-9-5-2-6-10-16/h1-12,18-19H,13-14H2,(H,25,26)/t18-,19+/m0/s1. The Labute approximate surface area is 156 Å². The Bertz CT molecular complexity index is 949.